The Hall–Kier alpha value is -2.17. The Balaban J connectivity index is 1.75. The zero-order chi connectivity index (χ0) is 14.7. The van der Waals surface area contributed by atoms with Crippen molar-refractivity contribution >= 4 is 28.0 Å². The van der Waals surface area contributed by atoms with Gasteiger partial charge in [0.1, 0.15) is 6.10 Å². The minimum Gasteiger partial charge on any atom is -0.386 e. The smallest absolute Gasteiger partial charge is 0.252 e. The molecular weight excluding hydrogens is 282 g/mol. The van der Waals surface area contributed by atoms with E-state index in [4.69, 9.17) is 0 Å². The third kappa shape index (κ3) is 2.96. The van der Waals surface area contributed by atoms with Crippen LogP contribution in [0.5, 0.6) is 0 Å². The lowest BCUT2D eigenvalue weighted by atomic mass is 10.0. The average molecular weight is 297 g/mol. The first-order valence-corrected chi connectivity index (χ1v) is 7.61. The van der Waals surface area contributed by atoms with Crippen molar-refractivity contribution in [1.29, 1.82) is 0 Å². The Labute approximate surface area is 126 Å². The lowest BCUT2D eigenvalue weighted by Gasteiger charge is -2.11. The summed E-state index contributed by atoms with van der Waals surface area (Å²) in [6.45, 7) is 0.211. The molecule has 2 aromatic carbocycles. The third-order valence-corrected chi connectivity index (χ3v) is 4.34. The Morgan fingerprint density at radius 1 is 1.10 bits per heavy atom. The van der Waals surface area contributed by atoms with E-state index < -0.39 is 6.10 Å². The Kier molecular flexibility index (Phi) is 3.99. The normalized spacial score (nSPS) is 12.2. The van der Waals surface area contributed by atoms with Crippen LogP contribution in [-0.4, -0.2) is 17.6 Å². The van der Waals surface area contributed by atoms with Gasteiger partial charge in [0.2, 0.25) is 0 Å². The molecule has 1 heterocycles. The van der Waals surface area contributed by atoms with Crippen molar-refractivity contribution in [3.05, 3.63) is 70.4 Å². The van der Waals surface area contributed by atoms with Gasteiger partial charge in [-0.3, -0.25) is 4.79 Å². The van der Waals surface area contributed by atoms with Crippen LogP contribution in [0.1, 0.15) is 21.3 Å². The number of amides is 1. The first-order chi connectivity index (χ1) is 10.3. The molecule has 3 nitrogen and oxygen atoms in total. The maximum Gasteiger partial charge on any atom is 0.252 e. The summed E-state index contributed by atoms with van der Waals surface area (Å²) in [5, 5.41) is 16.7. The van der Waals surface area contributed by atoms with Gasteiger partial charge >= 0.3 is 0 Å². The minimum atomic E-state index is -0.663. The monoisotopic (exact) mass is 297 g/mol. The van der Waals surface area contributed by atoms with Gasteiger partial charge in [0.05, 0.1) is 0 Å². The lowest BCUT2D eigenvalue weighted by Crippen LogP contribution is -2.28. The summed E-state index contributed by atoms with van der Waals surface area (Å²) in [4.78, 5) is 13.2. The van der Waals surface area contributed by atoms with Crippen LogP contribution in [0.25, 0.3) is 10.8 Å². The second-order valence-electron chi connectivity index (χ2n) is 4.77. The van der Waals surface area contributed by atoms with E-state index in [0.29, 0.717) is 5.56 Å². The van der Waals surface area contributed by atoms with E-state index in [1.54, 1.807) is 6.07 Å². The molecule has 3 aromatic rings. The van der Waals surface area contributed by atoms with Crippen molar-refractivity contribution in [3.8, 4) is 0 Å². The van der Waals surface area contributed by atoms with Crippen molar-refractivity contribution in [2.45, 2.75) is 6.10 Å². The molecule has 0 bridgehead atoms. The number of thiophene rings is 1. The Morgan fingerprint density at radius 3 is 2.71 bits per heavy atom. The zero-order valence-corrected chi connectivity index (χ0v) is 12.1. The quantitative estimate of drug-likeness (QED) is 0.775. The molecule has 0 radical (unpaired) electrons. The maximum absolute atomic E-state index is 12.3. The zero-order valence-electron chi connectivity index (χ0n) is 11.3. The van der Waals surface area contributed by atoms with Crippen molar-refractivity contribution in [1.82, 2.24) is 5.32 Å². The summed E-state index contributed by atoms with van der Waals surface area (Å²) in [6, 6.07) is 17.2. The molecule has 1 unspecified atom stereocenters. The first kappa shape index (κ1) is 13.8. The number of carbonyl (C=O) groups excluding carboxylic acids is 1. The number of rotatable bonds is 4. The fourth-order valence-electron chi connectivity index (χ4n) is 2.29. The molecule has 2 N–H and O–H groups in total. The van der Waals surface area contributed by atoms with Crippen molar-refractivity contribution in [2.24, 2.45) is 0 Å². The predicted molar refractivity (Wildman–Crippen MR) is 85.6 cm³/mol. The van der Waals surface area contributed by atoms with E-state index in [-0.39, 0.29) is 12.5 Å². The van der Waals surface area contributed by atoms with Crippen molar-refractivity contribution in [3.63, 3.8) is 0 Å². The van der Waals surface area contributed by atoms with E-state index >= 15 is 0 Å². The van der Waals surface area contributed by atoms with Gasteiger partial charge in [-0.15, -0.1) is 11.3 Å². The second-order valence-corrected chi connectivity index (χ2v) is 5.75. The Morgan fingerprint density at radius 2 is 1.90 bits per heavy atom. The van der Waals surface area contributed by atoms with Crippen LogP contribution in [0.15, 0.2) is 60.0 Å². The van der Waals surface area contributed by atoms with E-state index in [1.165, 1.54) is 11.3 Å². The number of nitrogens with one attached hydrogen (secondary N) is 1. The maximum atomic E-state index is 12.3. The average Bonchev–Trinajstić information content (AvgIpc) is 3.06. The van der Waals surface area contributed by atoms with E-state index in [0.717, 1.165) is 15.6 Å². The van der Waals surface area contributed by atoms with Crippen LogP contribution in [0.2, 0.25) is 0 Å². The van der Waals surface area contributed by atoms with Crippen LogP contribution < -0.4 is 5.32 Å². The number of aliphatic hydroxyl groups excluding tert-OH is 1. The number of hydrogen-bond acceptors (Lipinski definition) is 3. The molecule has 0 saturated carbocycles. The highest BCUT2D eigenvalue weighted by Crippen LogP contribution is 2.20. The van der Waals surface area contributed by atoms with Gasteiger partial charge in [-0.1, -0.05) is 42.5 Å². The molecule has 0 spiro atoms. The SMILES string of the molecule is O=C(NCC(O)c1cccs1)c1cccc2ccccc12. The predicted octanol–water partition coefficient (Wildman–Crippen LogP) is 3.36. The molecule has 4 heteroatoms. The second kappa shape index (κ2) is 6.08. The van der Waals surface area contributed by atoms with Gasteiger partial charge in [-0.05, 0) is 28.3 Å². The van der Waals surface area contributed by atoms with Crippen LogP contribution in [-0.2, 0) is 0 Å². The summed E-state index contributed by atoms with van der Waals surface area (Å²) in [6.07, 6.45) is -0.663. The van der Waals surface area contributed by atoms with Gasteiger partial charge in [0, 0.05) is 17.0 Å². The minimum absolute atomic E-state index is 0.164. The topological polar surface area (TPSA) is 49.3 Å². The molecule has 21 heavy (non-hydrogen) atoms. The van der Waals surface area contributed by atoms with Crippen molar-refractivity contribution in [2.75, 3.05) is 6.54 Å². The van der Waals surface area contributed by atoms with Gasteiger partial charge in [-0.2, -0.15) is 0 Å². The lowest BCUT2D eigenvalue weighted by molar-refractivity contribution is 0.0919. The number of fused-ring (bicyclic) bond motifs is 1. The van der Waals surface area contributed by atoms with E-state index in [2.05, 4.69) is 5.32 Å². The molecule has 3 rings (SSSR count). The van der Waals surface area contributed by atoms with Crippen LogP contribution in [0.3, 0.4) is 0 Å². The number of benzene rings is 2. The molecule has 1 amide bonds. The summed E-state index contributed by atoms with van der Waals surface area (Å²) < 4.78 is 0. The van der Waals surface area contributed by atoms with Gasteiger partial charge in [0.15, 0.2) is 0 Å². The third-order valence-electron chi connectivity index (χ3n) is 3.36. The molecule has 106 valence electrons. The fraction of sp³-hybridized carbons (Fsp3) is 0.118. The summed E-state index contributed by atoms with van der Waals surface area (Å²) in [5.74, 6) is -0.164. The molecule has 0 aliphatic carbocycles. The molecule has 1 atom stereocenters. The molecule has 0 aliphatic rings. The molecular formula is C17H15NO2S. The molecule has 1 aromatic heterocycles. The van der Waals surface area contributed by atoms with E-state index in [9.17, 15) is 9.90 Å². The van der Waals surface area contributed by atoms with Gasteiger partial charge in [-0.25, -0.2) is 0 Å². The highest BCUT2D eigenvalue weighted by atomic mass is 32.1. The van der Waals surface area contributed by atoms with Gasteiger partial charge in [0.25, 0.3) is 5.91 Å². The highest BCUT2D eigenvalue weighted by molar-refractivity contribution is 7.10. The Bertz CT molecular complexity index is 747. The molecule has 0 aliphatic heterocycles. The fourth-order valence-corrected chi connectivity index (χ4v) is 3.00. The van der Waals surface area contributed by atoms with Crippen LogP contribution >= 0.6 is 11.3 Å². The van der Waals surface area contributed by atoms with Gasteiger partial charge < -0.3 is 10.4 Å². The largest absolute Gasteiger partial charge is 0.386 e. The number of carbonyl (C=O) groups is 1. The van der Waals surface area contributed by atoms with Crippen molar-refractivity contribution < 1.29 is 9.90 Å². The van der Waals surface area contributed by atoms with Crippen LogP contribution in [0.4, 0.5) is 0 Å². The summed E-state index contributed by atoms with van der Waals surface area (Å²) in [5.41, 5.74) is 0.631. The van der Waals surface area contributed by atoms with E-state index in [1.807, 2.05) is 53.9 Å². The molecule has 0 saturated heterocycles. The molecule has 0 fully saturated rings. The first-order valence-electron chi connectivity index (χ1n) is 6.73. The standard InChI is InChI=1S/C17H15NO2S/c19-15(16-9-4-10-21-16)11-18-17(20)14-8-3-6-12-5-1-2-7-13(12)14/h1-10,15,19H,11H2,(H,18,20). The summed E-state index contributed by atoms with van der Waals surface area (Å²) in [7, 11) is 0. The van der Waals surface area contributed by atoms with Crippen LogP contribution in [0, 0.1) is 0 Å². The number of hydrogen-bond donors (Lipinski definition) is 2. The number of aliphatic hydroxyl groups is 1. The highest BCUT2D eigenvalue weighted by Gasteiger charge is 2.13. The summed E-state index contributed by atoms with van der Waals surface area (Å²) >= 11 is 1.48.